The highest BCUT2D eigenvalue weighted by Crippen LogP contribution is 2.33. The minimum absolute atomic E-state index is 0.100. The SMILES string of the molecule is CC1(C)CCN(C(=O)c2cc(C(F)(F)F)ccc2F)CC1. The second-order valence-corrected chi connectivity index (χ2v) is 6.15. The van der Waals surface area contributed by atoms with E-state index in [0.717, 1.165) is 12.8 Å². The quantitative estimate of drug-likeness (QED) is 0.715. The number of carbonyl (C=O) groups excluding carboxylic acids is 1. The van der Waals surface area contributed by atoms with Crippen molar-refractivity contribution in [1.82, 2.24) is 4.90 Å². The lowest BCUT2D eigenvalue weighted by atomic mass is 9.82. The molecule has 2 nitrogen and oxygen atoms in total. The molecule has 0 aliphatic carbocycles. The van der Waals surface area contributed by atoms with Crippen LogP contribution in [0.4, 0.5) is 17.6 Å². The zero-order valence-electron chi connectivity index (χ0n) is 11.9. The maximum atomic E-state index is 13.7. The summed E-state index contributed by atoms with van der Waals surface area (Å²) in [5.41, 5.74) is -1.42. The van der Waals surface area contributed by atoms with Crippen LogP contribution in [0.1, 0.15) is 42.6 Å². The summed E-state index contributed by atoms with van der Waals surface area (Å²) in [6.45, 7) is 5.00. The monoisotopic (exact) mass is 303 g/mol. The van der Waals surface area contributed by atoms with Gasteiger partial charge in [-0.2, -0.15) is 13.2 Å². The van der Waals surface area contributed by atoms with Gasteiger partial charge in [-0.05, 0) is 36.5 Å². The molecule has 1 fully saturated rings. The molecule has 0 unspecified atom stereocenters. The van der Waals surface area contributed by atoms with Crippen LogP contribution in [0.15, 0.2) is 18.2 Å². The maximum Gasteiger partial charge on any atom is 0.416 e. The number of carbonyl (C=O) groups is 1. The Kier molecular flexibility index (Phi) is 4.00. The molecule has 1 aliphatic heterocycles. The molecule has 116 valence electrons. The number of hydrogen-bond donors (Lipinski definition) is 0. The second kappa shape index (κ2) is 5.31. The Morgan fingerprint density at radius 3 is 2.29 bits per heavy atom. The van der Waals surface area contributed by atoms with Crippen LogP contribution in [0.25, 0.3) is 0 Å². The molecule has 1 heterocycles. The molecule has 6 heteroatoms. The third kappa shape index (κ3) is 3.54. The predicted octanol–water partition coefficient (Wildman–Crippen LogP) is 4.11. The summed E-state index contributed by atoms with van der Waals surface area (Å²) in [5.74, 6) is -1.59. The molecule has 0 N–H and O–H groups in total. The van der Waals surface area contributed by atoms with Gasteiger partial charge in [-0.25, -0.2) is 4.39 Å². The van der Waals surface area contributed by atoms with Crippen molar-refractivity contribution in [2.75, 3.05) is 13.1 Å². The topological polar surface area (TPSA) is 20.3 Å². The van der Waals surface area contributed by atoms with E-state index in [0.29, 0.717) is 31.3 Å². The number of amides is 1. The largest absolute Gasteiger partial charge is 0.416 e. The summed E-state index contributed by atoms with van der Waals surface area (Å²) in [5, 5.41) is 0. The Balaban J connectivity index is 2.23. The molecule has 0 atom stereocenters. The smallest absolute Gasteiger partial charge is 0.339 e. The summed E-state index contributed by atoms with van der Waals surface area (Å²) in [7, 11) is 0. The minimum Gasteiger partial charge on any atom is -0.339 e. The van der Waals surface area contributed by atoms with Crippen molar-refractivity contribution in [3.63, 3.8) is 0 Å². The van der Waals surface area contributed by atoms with Crippen LogP contribution in [0.2, 0.25) is 0 Å². The van der Waals surface area contributed by atoms with Gasteiger partial charge in [-0.1, -0.05) is 13.8 Å². The third-order valence-electron chi connectivity index (χ3n) is 3.93. The summed E-state index contributed by atoms with van der Waals surface area (Å²) < 4.78 is 51.7. The fourth-order valence-corrected chi connectivity index (χ4v) is 2.35. The first-order valence-electron chi connectivity index (χ1n) is 6.76. The number of hydrogen-bond acceptors (Lipinski definition) is 1. The first-order valence-corrected chi connectivity index (χ1v) is 6.76. The van der Waals surface area contributed by atoms with Crippen molar-refractivity contribution < 1.29 is 22.4 Å². The van der Waals surface area contributed by atoms with Gasteiger partial charge in [-0.3, -0.25) is 4.79 Å². The average Bonchev–Trinajstić information content (AvgIpc) is 2.37. The van der Waals surface area contributed by atoms with Crippen LogP contribution < -0.4 is 0 Å². The van der Waals surface area contributed by atoms with E-state index in [1.165, 1.54) is 4.90 Å². The molecule has 1 aromatic rings. The minimum atomic E-state index is -4.59. The molecular weight excluding hydrogens is 286 g/mol. The molecule has 1 amide bonds. The highest BCUT2D eigenvalue weighted by molar-refractivity contribution is 5.94. The molecule has 2 rings (SSSR count). The molecule has 0 aromatic heterocycles. The molecule has 1 saturated heterocycles. The predicted molar refractivity (Wildman–Crippen MR) is 70.3 cm³/mol. The summed E-state index contributed by atoms with van der Waals surface area (Å²) >= 11 is 0. The van der Waals surface area contributed by atoms with Gasteiger partial charge >= 0.3 is 6.18 Å². The van der Waals surface area contributed by atoms with Gasteiger partial charge in [0.25, 0.3) is 5.91 Å². The molecule has 0 bridgehead atoms. The number of likely N-dealkylation sites (tertiary alicyclic amines) is 1. The number of halogens is 4. The van der Waals surface area contributed by atoms with Crippen molar-refractivity contribution in [3.8, 4) is 0 Å². The van der Waals surface area contributed by atoms with Crippen LogP contribution in [0.5, 0.6) is 0 Å². The molecule has 21 heavy (non-hydrogen) atoms. The number of piperidine rings is 1. The number of nitrogens with zero attached hydrogens (tertiary/aromatic N) is 1. The fraction of sp³-hybridized carbons (Fsp3) is 0.533. The Morgan fingerprint density at radius 1 is 1.19 bits per heavy atom. The van der Waals surface area contributed by atoms with Gasteiger partial charge in [0, 0.05) is 13.1 Å². The van der Waals surface area contributed by atoms with Crippen molar-refractivity contribution in [3.05, 3.63) is 35.1 Å². The van der Waals surface area contributed by atoms with Crippen molar-refractivity contribution >= 4 is 5.91 Å². The first-order chi connectivity index (χ1) is 9.60. The first kappa shape index (κ1) is 15.8. The van der Waals surface area contributed by atoms with Gasteiger partial charge in [-0.15, -0.1) is 0 Å². The summed E-state index contributed by atoms with van der Waals surface area (Å²) in [6.07, 6.45) is -3.09. The Morgan fingerprint density at radius 2 is 1.76 bits per heavy atom. The Hall–Kier alpha value is -1.59. The number of alkyl halides is 3. The van der Waals surface area contributed by atoms with E-state index in [-0.39, 0.29) is 5.41 Å². The molecule has 0 spiro atoms. The highest BCUT2D eigenvalue weighted by Gasteiger charge is 2.34. The van der Waals surface area contributed by atoms with E-state index in [9.17, 15) is 22.4 Å². The zero-order chi connectivity index (χ0) is 15.8. The highest BCUT2D eigenvalue weighted by atomic mass is 19.4. The van der Waals surface area contributed by atoms with Crippen LogP contribution in [-0.4, -0.2) is 23.9 Å². The second-order valence-electron chi connectivity index (χ2n) is 6.15. The van der Waals surface area contributed by atoms with Crippen molar-refractivity contribution in [2.45, 2.75) is 32.9 Å². The lowest BCUT2D eigenvalue weighted by Crippen LogP contribution is -2.41. The van der Waals surface area contributed by atoms with Crippen molar-refractivity contribution in [2.24, 2.45) is 5.41 Å². The van der Waals surface area contributed by atoms with E-state index < -0.39 is 29.0 Å². The lowest BCUT2D eigenvalue weighted by Gasteiger charge is -2.37. The average molecular weight is 303 g/mol. The summed E-state index contributed by atoms with van der Waals surface area (Å²) in [6, 6.07) is 1.94. The van der Waals surface area contributed by atoms with Gasteiger partial charge in [0.05, 0.1) is 11.1 Å². The number of rotatable bonds is 1. The van der Waals surface area contributed by atoms with Crippen LogP contribution in [0.3, 0.4) is 0 Å². The normalized spacial score (nSPS) is 18.7. The van der Waals surface area contributed by atoms with Gasteiger partial charge in [0.1, 0.15) is 5.82 Å². The van der Waals surface area contributed by atoms with Gasteiger partial charge in [0.2, 0.25) is 0 Å². The standard InChI is InChI=1S/C15H17F4NO/c1-14(2)5-7-20(8-6-14)13(21)11-9-10(15(17,18)19)3-4-12(11)16/h3-4,9H,5-8H2,1-2H3. The number of benzene rings is 1. The van der Waals surface area contributed by atoms with Crippen LogP contribution >= 0.6 is 0 Å². The molecular formula is C15H17F4NO. The van der Waals surface area contributed by atoms with E-state index in [1.54, 1.807) is 0 Å². The molecule has 1 aromatic carbocycles. The van der Waals surface area contributed by atoms with E-state index in [4.69, 9.17) is 0 Å². The Labute approximate surface area is 120 Å². The fourth-order valence-electron chi connectivity index (χ4n) is 2.35. The van der Waals surface area contributed by atoms with Gasteiger partial charge in [0.15, 0.2) is 0 Å². The lowest BCUT2D eigenvalue weighted by molar-refractivity contribution is -0.137. The van der Waals surface area contributed by atoms with E-state index >= 15 is 0 Å². The molecule has 0 radical (unpaired) electrons. The van der Waals surface area contributed by atoms with Crippen molar-refractivity contribution in [1.29, 1.82) is 0 Å². The molecule has 1 aliphatic rings. The Bertz CT molecular complexity index is 541. The summed E-state index contributed by atoms with van der Waals surface area (Å²) in [4.78, 5) is 13.6. The maximum absolute atomic E-state index is 13.7. The van der Waals surface area contributed by atoms with Gasteiger partial charge < -0.3 is 4.90 Å². The van der Waals surface area contributed by atoms with Crippen LogP contribution in [0, 0.1) is 11.2 Å². The van der Waals surface area contributed by atoms with E-state index in [1.807, 2.05) is 0 Å². The molecule has 0 saturated carbocycles. The van der Waals surface area contributed by atoms with E-state index in [2.05, 4.69) is 13.8 Å². The van der Waals surface area contributed by atoms with Crippen LogP contribution in [-0.2, 0) is 6.18 Å². The third-order valence-corrected chi connectivity index (χ3v) is 3.93. The zero-order valence-corrected chi connectivity index (χ0v) is 11.9.